The Morgan fingerprint density at radius 1 is 0.826 bits per heavy atom. The molecule has 0 aromatic heterocycles. The third-order valence-corrected chi connectivity index (χ3v) is 10.4. The summed E-state index contributed by atoms with van der Waals surface area (Å²) in [6.45, 7) is 10.7. The minimum Gasteiger partial charge on any atom is -0.488 e. The second kappa shape index (κ2) is 13.3. The predicted molar refractivity (Wildman–Crippen MR) is 187 cm³/mol. The Kier molecular flexibility index (Phi) is 8.94. The highest BCUT2D eigenvalue weighted by Crippen LogP contribution is 2.48. The largest absolute Gasteiger partial charge is 0.488 e. The summed E-state index contributed by atoms with van der Waals surface area (Å²) in [5.41, 5.74) is 8.34. The first kappa shape index (κ1) is 31.0. The quantitative estimate of drug-likeness (QED) is 0.198. The number of nitrogens with zero attached hydrogens (tertiary/aromatic N) is 1. The summed E-state index contributed by atoms with van der Waals surface area (Å²) in [5.74, 6) is 1.75. The highest BCUT2D eigenvalue weighted by atomic mass is 16.5. The number of piperidine rings is 1. The molecule has 1 spiro atoms. The van der Waals surface area contributed by atoms with Crippen LogP contribution in [0, 0.1) is 5.41 Å². The van der Waals surface area contributed by atoms with Crippen molar-refractivity contribution in [3.63, 3.8) is 0 Å². The monoisotopic (exact) mass is 615 g/mol. The van der Waals surface area contributed by atoms with E-state index >= 15 is 0 Å². The molecule has 3 aliphatic rings. The minimum atomic E-state index is -0.206. The molecule has 4 nitrogen and oxygen atoms in total. The topological polar surface area (TPSA) is 30.9 Å². The van der Waals surface area contributed by atoms with E-state index in [1.54, 1.807) is 0 Å². The standard InChI is InChI=1S/C42H49NO3/c1-41(2,3)46-36-19-21-39-34(26-36)16-20-38(32-12-8-5-9-13-32)40(39)33-14-17-35(18-15-33)43-24-22-42(23-25-43)27-37(45-30-42)29-44-28-31-10-6-4-7-11-31/h4-15,17-19,21,26,37-38,40H,16,20,22-25,27-30H2,1-3H3/t37?,38-,40+/m1/s1. The highest BCUT2D eigenvalue weighted by molar-refractivity contribution is 5.53. The lowest BCUT2D eigenvalue weighted by atomic mass is 9.69. The van der Waals surface area contributed by atoms with Crippen molar-refractivity contribution in [2.24, 2.45) is 5.41 Å². The Morgan fingerprint density at radius 2 is 1.54 bits per heavy atom. The van der Waals surface area contributed by atoms with Gasteiger partial charge >= 0.3 is 0 Å². The smallest absolute Gasteiger partial charge is 0.120 e. The summed E-state index contributed by atoms with van der Waals surface area (Å²) in [4.78, 5) is 2.58. The van der Waals surface area contributed by atoms with E-state index in [0.717, 1.165) is 44.7 Å². The SMILES string of the molecule is CC(C)(C)Oc1ccc2c(c1)CC[C@H](c1ccccc1)[C@@H]2c1ccc(N2CCC3(CC2)COC(COCc2ccccc2)C3)cc1. The van der Waals surface area contributed by atoms with E-state index < -0.39 is 0 Å². The molecule has 0 bridgehead atoms. The molecule has 0 N–H and O–H groups in total. The minimum absolute atomic E-state index is 0.206. The fraction of sp³-hybridized carbons (Fsp3) is 0.429. The van der Waals surface area contributed by atoms with Crippen molar-refractivity contribution >= 4 is 5.69 Å². The molecule has 2 aliphatic heterocycles. The van der Waals surface area contributed by atoms with E-state index in [9.17, 15) is 0 Å². The normalized spacial score (nSPS) is 22.5. The Labute approximate surface area is 275 Å². The first-order valence-electron chi connectivity index (χ1n) is 17.3. The average Bonchev–Trinajstić information content (AvgIpc) is 3.46. The number of hydrogen-bond acceptors (Lipinski definition) is 4. The van der Waals surface area contributed by atoms with Crippen LogP contribution in [0.1, 0.15) is 86.1 Å². The van der Waals surface area contributed by atoms with E-state index in [2.05, 4.69) is 123 Å². The summed E-state index contributed by atoms with van der Waals surface area (Å²) in [6, 6.07) is 37.9. The van der Waals surface area contributed by atoms with Gasteiger partial charge in [-0.2, -0.15) is 0 Å². The zero-order chi connectivity index (χ0) is 31.6. The maximum absolute atomic E-state index is 6.26. The summed E-state index contributed by atoms with van der Waals surface area (Å²) in [6.07, 6.45) is 5.88. The average molecular weight is 616 g/mol. The van der Waals surface area contributed by atoms with Gasteiger partial charge in [-0.05, 0) is 116 Å². The van der Waals surface area contributed by atoms with Crippen molar-refractivity contribution in [3.8, 4) is 5.75 Å². The molecule has 7 rings (SSSR count). The predicted octanol–water partition coefficient (Wildman–Crippen LogP) is 9.32. The molecular formula is C42H49NO3. The molecule has 3 atom stereocenters. The molecule has 4 aromatic rings. The van der Waals surface area contributed by atoms with Crippen molar-refractivity contribution in [2.75, 3.05) is 31.2 Å². The Bertz CT molecular complexity index is 1570. The molecule has 0 radical (unpaired) electrons. The number of benzene rings is 4. The van der Waals surface area contributed by atoms with Crippen LogP contribution in [-0.2, 0) is 22.5 Å². The molecule has 4 heteroatoms. The third-order valence-electron chi connectivity index (χ3n) is 10.4. The summed E-state index contributed by atoms with van der Waals surface area (Å²) in [5, 5.41) is 0. The molecule has 4 aromatic carbocycles. The fourth-order valence-corrected chi connectivity index (χ4v) is 8.05. The van der Waals surface area contributed by atoms with Crippen LogP contribution in [0.3, 0.4) is 0 Å². The maximum atomic E-state index is 6.26. The summed E-state index contributed by atoms with van der Waals surface area (Å²) < 4.78 is 18.6. The Morgan fingerprint density at radius 3 is 2.26 bits per heavy atom. The van der Waals surface area contributed by atoms with Crippen molar-refractivity contribution in [3.05, 3.63) is 131 Å². The summed E-state index contributed by atoms with van der Waals surface area (Å²) >= 11 is 0. The molecule has 1 aliphatic carbocycles. The molecule has 0 saturated carbocycles. The zero-order valence-electron chi connectivity index (χ0n) is 27.8. The Hall–Kier alpha value is -3.60. The van der Waals surface area contributed by atoms with Crippen LogP contribution in [0.4, 0.5) is 5.69 Å². The lowest BCUT2D eigenvalue weighted by Gasteiger charge is -2.40. The van der Waals surface area contributed by atoms with Crippen molar-refractivity contribution in [1.29, 1.82) is 0 Å². The van der Waals surface area contributed by atoms with Gasteiger partial charge in [-0.15, -0.1) is 0 Å². The number of hydrogen-bond donors (Lipinski definition) is 0. The number of rotatable bonds is 8. The van der Waals surface area contributed by atoms with E-state index in [0.29, 0.717) is 30.5 Å². The molecular weight excluding hydrogens is 566 g/mol. The number of fused-ring (bicyclic) bond motifs is 1. The van der Waals surface area contributed by atoms with Crippen LogP contribution in [0.25, 0.3) is 0 Å². The zero-order valence-corrected chi connectivity index (χ0v) is 27.8. The van der Waals surface area contributed by atoms with Crippen LogP contribution in [-0.4, -0.2) is 38.0 Å². The van der Waals surface area contributed by atoms with Crippen LogP contribution in [0.5, 0.6) is 5.75 Å². The molecule has 46 heavy (non-hydrogen) atoms. The molecule has 240 valence electrons. The molecule has 2 heterocycles. The van der Waals surface area contributed by atoms with E-state index in [-0.39, 0.29) is 11.7 Å². The van der Waals surface area contributed by atoms with Gasteiger partial charge in [0.05, 0.1) is 25.9 Å². The van der Waals surface area contributed by atoms with Gasteiger partial charge in [-0.25, -0.2) is 0 Å². The first-order chi connectivity index (χ1) is 22.3. The number of anilines is 1. The van der Waals surface area contributed by atoms with Gasteiger partial charge < -0.3 is 19.1 Å². The second-order valence-corrected chi connectivity index (χ2v) is 14.8. The van der Waals surface area contributed by atoms with E-state index in [4.69, 9.17) is 14.2 Å². The van der Waals surface area contributed by atoms with Crippen molar-refractivity contribution in [2.45, 2.75) is 83.0 Å². The van der Waals surface area contributed by atoms with Crippen LogP contribution in [0.2, 0.25) is 0 Å². The van der Waals surface area contributed by atoms with Gasteiger partial charge in [0.1, 0.15) is 11.4 Å². The molecule has 1 unspecified atom stereocenters. The van der Waals surface area contributed by atoms with Crippen molar-refractivity contribution in [1.82, 2.24) is 0 Å². The van der Waals surface area contributed by atoms with Gasteiger partial charge in [-0.1, -0.05) is 78.9 Å². The highest BCUT2D eigenvalue weighted by Gasteiger charge is 2.42. The van der Waals surface area contributed by atoms with Gasteiger partial charge in [0.15, 0.2) is 0 Å². The van der Waals surface area contributed by atoms with Gasteiger partial charge in [0, 0.05) is 24.7 Å². The Balaban J connectivity index is 1.02. The van der Waals surface area contributed by atoms with E-state index in [1.165, 1.54) is 46.3 Å². The second-order valence-electron chi connectivity index (χ2n) is 14.8. The molecule has 0 amide bonds. The summed E-state index contributed by atoms with van der Waals surface area (Å²) in [7, 11) is 0. The van der Waals surface area contributed by atoms with Crippen LogP contribution < -0.4 is 9.64 Å². The maximum Gasteiger partial charge on any atom is 0.120 e. The fourth-order valence-electron chi connectivity index (χ4n) is 8.05. The van der Waals surface area contributed by atoms with Crippen molar-refractivity contribution < 1.29 is 14.2 Å². The van der Waals surface area contributed by atoms with Crippen LogP contribution in [0.15, 0.2) is 103 Å². The lowest BCUT2D eigenvalue weighted by molar-refractivity contribution is 0.00801. The van der Waals surface area contributed by atoms with Gasteiger partial charge in [0.2, 0.25) is 0 Å². The number of ether oxygens (including phenoxy) is 3. The first-order valence-corrected chi connectivity index (χ1v) is 17.3. The third kappa shape index (κ3) is 7.04. The number of aryl methyl sites for hydroxylation is 1. The molecule has 2 saturated heterocycles. The van der Waals surface area contributed by atoms with Gasteiger partial charge in [-0.3, -0.25) is 0 Å². The molecule has 2 fully saturated rings. The van der Waals surface area contributed by atoms with Gasteiger partial charge in [0.25, 0.3) is 0 Å². The lowest BCUT2D eigenvalue weighted by Crippen LogP contribution is -2.40. The van der Waals surface area contributed by atoms with Crippen LogP contribution >= 0.6 is 0 Å². The van der Waals surface area contributed by atoms with E-state index in [1.807, 2.05) is 6.07 Å².